The van der Waals surface area contributed by atoms with Crippen LogP contribution in [0.2, 0.25) is 0 Å². The Balaban J connectivity index is 0. The number of amides is 1. The predicted octanol–water partition coefficient (Wildman–Crippen LogP) is 4.84. The van der Waals surface area contributed by atoms with E-state index < -0.39 is 5.97 Å². The smallest absolute Gasteiger partial charge is 0.328 e. The molecular formula is C20H37NNaO3. The van der Waals surface area contributed by atoms with E-state index in [9.17, 15) is 9.59 Å². The second-order valence-electron chi connectivity index (χ2n) is 6.56. The molecule has 2 N–H and O–H groups in total. The van der Waals surface area contributed by atoms with Crippen LogP contribution in [-0.2, 0) is 9.59 Å². The third-order valence-corrected chi connectivity index (χ3v) is 4.21. The van der Waals surface area contributed by atoms with Crippen LogP contribution in [-0.4, -0.2) is 53.1 Å². The van der Waals surface area contributed by atoms with E-state index in [0.717, 1.165) is 25.0 Å². The molecule has 0 aromatic heterocycles. The van der Waals surface area contributed by atoms with Gasteiger partial charge >= 0.3 is 5.97 Å². The van der Waals surface area contributed by atoms with Crippen LogP contribution in [0.4, 0.5) is 0 Å². The molecule has 0 aliphatic carbocycles. The molecule has 0 aromatic rings. The number of hydrogen-bond acceptors (Lipinski definition) is 2. The van der Waals surface area contributed by atoms with Crippen LogP contribution in [0.3, 0.4) is 0 Å². The Bertz CT molecular complexity index is 346. The second kappa shape index (κ2) is 21.7. The molecule has 5 heteroatoms. The number of aliphatic carboxylic acids is 1. The van der Waals surface area contributed by atoms with Gasteiger partial charge in [-0.1, -0.05) is 90.4 Å². The van der Waals surface area contributed by atoms with E-state index >= 15 is 0 Å². The third-order valence-electron chi connectivity index (χ3n) is 4.21. The summed E-state index contributed by atoms with van der Waals surface area (Å²) in [5.41, 5.74) is 0. The van der Waals surface area contributed by atoms with Crippen molar-refractivity contribution in [2.45, 2.75) is 96.8 Å². The van der Waals surface area contributed by atoms with E-state index in [-0.39, 0.29) is 35.5 Å². The van der Waals surface area contributed by atoms with Crippen molar-refractivity contribution in [1.82, 2.24) is 5.32 Å². The summed E-state index contributed by atoms with van der Waals surface area (Å²) in [6.45, 7) is 2.89. The summed E-state index contributed by atoms with van der Waals surface area (Å²) in [6, 6.07) is 0. The van der Waals surface area contributed by atoms with Crippen molar-refractivity contribution in [3.63, 3.8) is 0 Å². The number of carbonyl (C=O) groups excluding carboxylic acids is 1. The maximum absolute atomic E-state index is 11.2. The average molecular weight is 363 g/mol. The van der Waals surface area contributed by atoms with E-state index in [1.165, 1.54) is 77.0 Å². The molecule has 25 heavy (non-hydrogen) atoms. The van der Waals surface area contributed by atoms with Gasteiger partial charge < -0.3 is 10.4 Å². The SMILES string of the molecule is CCCCCCCCCCCCCCCCNC(=O)/C=C\C(=O)O.[Na]. The fraction of sp³-hybridized carbons (Fsp3) is 0.800. The van der Waals surface area contributed by atoms with Crippen LogP contribution in [0.5, 0.6) is 0 Å². The van der Waals surface area contributed by atoms with Crippen LogP contribution in [0.15, 0.2) is 12.2 Å². The molecule has 0 saturated heterocycles. The first kappa shape index (κ1) is 26.9. The van der Waals surface area contributed by atoms with Gasteiger partial charge in [0.05, 0.1) is 0 Å². The van der Waals surface area contributed by atoms with Gasteiger partial charge in [0, 0.05) is 48.3 Å². The topological polar surface area (TPSA) is 66.4 Å². The number of nitrogens with one attached hydrogen (secondary N) is 1. The van der Waals surface area contributed by atoms with Crippen LogP contribution < -0.4 is 5.32 Å². The second-order valence-corrected chi connectivity index (χ2v) is 6.56. The molecule has 0 atom stereocenters. The summed E-state index contributed by atoms with van der Waals surface area (Å²) in [6.07, 6.45) is 20.3. The molecule has 141 valence electrons. The first-order chi connectivity index (χ1) is 11.7. The molecule has 0 heterocycles. The first-order valence-electron chi connectivity index (χ1n) is 9.85. The van der Waals surface area contributed by atoms with Crippen LogP contribution in [0.1, 0.15) is 96.8 Å². The number of hydrogen-bond donors (Lipinski definition) is 2. The van der Waals surface area contributed by atoms with E-state index in [4.69, 9.17) is 5.11 Å². The molecule has 1 radical (unpaired) electrons. The standard InChI is InChI=1S/C20H37NO3.Na/c1-2-3-4-5-6-7-8-9-10-11-12-13-14-15-18-21-19(22)16-17-20(23)24;/h16-17H,2-15,18H2,1H3,(H,21,22)(H,23,24);/b17-16-;. The molecule has 4 nitrogen and oxygen atoms in total. The zero-order chi connectivity index (χ0) is 17.9. The van der Waals surface area contributed by atoms with Crippen molar-refractivity contribution in [1.29, 1.82) is 0 Å². The van der Waals surface area contributed by atoms with Gasteiger partial charge in [-0.15, -0.1) is 0 Å². The van der Waals surface area contributed by atoms with Crippen LogP contribution in [0.25, 0.3) is 0 Å². The molecule has 0 aromatic carbocycles. The molecule has 0 unspecified atom stereocenters. The number of unbranched alkanes of at least 4 members (excludes halogenated alkanes) is 13. The van der Waals surface area contributed by atoms with Crippen LogP contribution in [0, 0.1) is 0 Å². The molecule has 0 aliphatic rings. The normalized spacial score (nSPS) is 10.6. The largest absolute Gasteiger partial charge is 0.478 e. The Morgan fingerprint density at radius 3 is 1.52 bits per heavy atom. The summed E-state index contributed by atoms with van der Waals surface area (Å²) in [5, 5.41) is 11.1. The van der Waals surface area contributed by atoms with Gasteiger partial charge in [0.25, 0.3) is 0 Å². The molecular weight excluding hydrogens is 325 g/mol. The maximum Gasteiger partial charge on any atom is 0.328 e. The van der Waals surface area contributed by atoms with Crippen LogP contribution >= 0.6 is 0 Å². The monoisotopic (exact) mass is 362 g/mol. The minimum atomic E-state index is -1.10. The molecule has 0 aliphatic heterocycles. The Morgan fingerprint density at radius 2 is 1.12 bits per heavy atom. The van der Waals surface area contributed by atoms with Gasteiger partial charge in [-0.05, 0) is 6.42 Å². The van der Waals surface area contributed by atoms with Crippen molar-refractivity contribution < 1.29 is 14.7 Å². The zero-order valence-electron chi connectivity index (χ0n) is 16.5. The van der Waals surface area contributed by atoms with E-state index in [0.29, 0.717) is 6.54 Å². The van der Waals surface area contributed by atoms with Crippen molar-refractivity contribution in [3.8, 4) is 0 Å². The van der Waals surface area contributed by atoms with Gasteiger partial charge in [0.15, 0.2) is 0 Å². The summed E-state index contributed by atoms with van der Waals surface area (Å²) >= 11 is 0. The fourth-order valence-electron chi connectivity index (χ4n) is 2.74. The average Bonchev–Trinajstić information content (AvgIpc) is 2.56. The van der Waals surface area contributed by atoms with Crippen molar-refractivity contribution in [2.75, 3.05) is 6.54 Å². The molecule has 0 saturated carbocycles. The number of carboxylic acid groups (broad SMARTS) is 1. The van der Waals surface area contributed by atoms with Gasteiger partial charge in [0.1, 0.15) is 0 Å². The Morgan fingerprint density at radius 1 is 0.720 bits per heavy atom. The fourth-order valence-corrected chi connectivity index (χ4v) is 2.74. The summed E-state index contributed by atoms with van der Waals surface area (Å²) in [4.78, 5) is 21.5. The molecule has 1 amide bonds. The Labute approximate surface area is 176 Å². The van der Waals surface area contributed by atoms with Gasteiger partial charge in [-0.3, -0.25) is 4.79 Å². The van der Waals surface area contributed by atoms with Crippen molar-refractivity contribution >= 4 is 41.4 Å². The van der Waals surface area contributed by atoms with Gasteiger partial charge in [-0.25, -0.2) is 4.79 Å². The minimum absolute atomic E-state index is 0. The third kappa shape index (κ3) is 23.7. The van der Waals surface area contributed by atoms with E-state index in [1.807, 2.05) is 0 Å². The minimum Gasteiger partial charge on any atom is -0.478 e. The van der Waals surface area contributed by atoms with Gasteiger partial charge in [-0.2, -0.15) is 0 Å². The Kier molecular flexibility index (Phi) is 23.4. The number of carboxylic acids is 1. The molecule has 0 fully saturated rings. The Hall–Kier alpha value is -0.320. The van der Waals surface area contributed by atoms with Gasteiger partial charge in [0.2, 0.25) is 5.91 Å². The maximum atomic E-state index is 11.2. The van der Waals surface area contributed by atoms with Crippen molar-refractivity contribution in [2.24, 2.45) is 0 Å². The zero-order valence-corrected chi connectivity index (χ0v) is 18.5. The number of carbonyl (C=O) groups is 2. The summed E-state index contributed by atoms with van der Waals surface area (Å²) in [5.74, 6) is -1.42. The van der Waals surface area contributed by atoms with E-state index in [2.05, 4.69) is 12.2 Å². The molecule has 0 spiro atoms. The van der Waals surface area contributed by atoms with Crippen molar-refractivity contribution in [3.05, 3.63) is 12.2 Å². The first-order valence-corrected chi connectivity index (χ1v) is 9.85. The number of rotatable bonds is 17. The quantitative estimate of drug-likeness (QED) is 0.221. The van der Waals surface area contributed by atoms with E-state index in [1.54, 1.807) is 0 Å². The molecule has 0 bridgehead atoms. The summed E-state index contributed by atoms with van der Waals surface area (Å²) in [7, 11) is 0. The summed E-state index contributed by atoms with van der Waals surface area (Å²) < 4.78 is 0. The predicted molar refractivity (Wildman–Crippen MR) is 106 cm³/mol. The molecule has 0 rings (SSSR count).